The SMILES string of the molecule is FC(F)c1cc2scc(Cl)c2cc1Cl. The molecule has 0 saturated carbocycles. The molecule has 1 heterocycles. The maximum absolute atomic E-state index is 12.4. The number of rotatable bonds is 1. The molecule has 5 heteroatoms. The number of alkyl halides is 2. The predicted molar refractivity (Wildman–Crippen MR) is 56.8 cm³/mol. The molecule has 0 unspecified atom stereocenters. The van der Waals surface area contributed by atoms with Crippen LogP contribution in [0.2, 0.25) is 10.0 Å². The van der Waals surface area contributed by atoms with Crippen LogP contribution in [0.4, 0.5) is 8.78 Å². The Hall–Kier alpha value is -0.380. The molecule has 0 nitrogen and oxygen atoms in total. The van der Waals surface area contributed by atoms with Crippen LogP contribution in [-0.2, 0) is 0 Å². The van der Waals surface area contributed by atoms with E-state index in [1.807, 2.05) is 0 Å². The van der Waals surface area contributed by atoms with Crippen molar-refractivity contribution in [2.45, 2.75) is 6.43 Å². The second-order valence-corrected chi connectivity index (χ2v) is 4.48. The Balaban J connectivity index is 2.72. The fraction of sp³-hybridized carbons (Fsp3) is 0.111. The molecule has 0 aliphatic carbocycles. The Bertz CT molecular complexity index is 479. The highest BCUT2D eigenvalue weighted by Gasteiger charge is 2.14. The molecule has 1 aromatic carbocycles. The zero-order valence-corrected chi connectivity index (χ0v) is 9.06. The van der Waals surface area contributed by atoms with Crippen molar-refractivity contribution in [2.75, 3.05) is 0 Å². The summed E-state index contributed by atoms with van der Waals surface area (Å²) in [5.41, 5.74) is -0.141. The average Bonchev–Trinajstić information content (AvgIpc) is 2.46. The minimum absolute atomic E-state index is 0.0628. The Kier molecular flexibility index (Phi) is 2.64. The Morgan fingerprint density at radius 3 is 2.50 bits per heavy atom. The lowest BCUT2D eigenvalue weighted by atomic mass is 10.2. The van der Waals surface area contributed by atoms with Gasteiger partial charge in [0, 0.05) is 21.0 Å². The van der Waals surface area contributed by atoms with E-state index in [1.54, 1.807) is 5.38 Å². The quantitative estimate of drug-likeness (QED) is 0.659. The van der Waals surface area contributed by atoms with Crippen LogP contribution in [0, 0.1) is 0 Å². The summed E-state index contributed by atoms with van der Waals surface area (Å²) in [6, 6.07) is 2.87. The van der Waals surface area contributed by atoms with Crippen LogP contribution >= 0.6 is 34.5 Å². The second-order valence-electron chi connectivity index (χ2n) is 2.75. The Labute approximate surface area is 93.1 Å². The minimum atomic E-state index is -2.55. The molecule has 0 atom stereocenters. The standard InChI is InChI=1S/C9H4Cl2F2S/c10-6-1-4-7(11)3-14-8(4)2-5(6)9(12)13/h1-3,9H. The van der Waals surface area contributed by atoms with E-state index in [4.69, 9.17) is 23.2 Å². The summed E-state index contributed by atoms with van der Waals surface area (Å²) in [6.45, 7) is 0. The fourth-order valence-electron chi connectivity index (χ4n) is 1.20. The first-order valence-corrected chi connectivity index (χ1v) is 5.37. The van der Waals surface area contributed by atoms with Crippen LogP contribution in [0.25, 0.3) is 10.1 Å². The predicted octanol–water partition coefficient (Wildman–Crippen LogP) is 5.15. The van der Waals surface area contributed by atoms with Gasteiger partial charge in [0.2, 0.25) is 0 Å². The molecule has 0 radical (unpaired) electrons. The van der Waals surface area contributed by atoms with E-state index < -0.39 is 6.43 Å². The molecule has 74 valence electrons. The van der Waals surface area contributed by atoms with E-state index in [0.717, 1.165) is 10.1 Å². The van der Waals surface area contributed by atoms with Crippen molar-refractivity contribution in [1.29, 1.82) is 0 Å². The van der Waals surface area contributed by atoms with Crippen molar-refractivity contribution in [3.8, 4) is 0 Å². The van der Waals surface area contributed by atoms with Crippen LogP contribution in [0.15, 0.2) is 17.5 Å². The molecule has 0 spiro atoms. The van der Waals surface area contributed by atoms with E-state index >= 15 is 0 Å². The molecule has 0 aliphatic rings. The van der Waals surface area contributed by atoms with Crippen LogP contribution in [0.3, 0.4) is 0 Å². The molecule has 0 aliphatic heterocycles. The maximum atomic E-state index is 12.4. The smallest absolute Gasteiger partial charge is 0.205 e. The van der Waals surface area contributed by atoms with Crippen molar-refractivity contribution < 1.29 is 8.78 Å². The zero-order valence-electron chi connectivity index (χ0n) is 6.73. The molecule has 1 aromatic heterocycles. The molecule has 2 rings (SSSR count). The second kappa shape index (κ2) is 3.65. The van der Waals surface area contributed by atoms with E-state index in [9.17, 15) is 8.78 Å². The van der Waals surface area contributed by atoms with Gasteiger partial charge >= 0.3 is 0 Å². The van der Waals surface area contributed by atoms with Crippen LogP contribution < -0.4 is 0 Å². The highest BCUT2D eigenvalue weighted by atomic mass is 35.5. The van der Waals surface area contributed by atoms with Gasteiger partial charge in [-0.1, -0.05) is 23.2 Å². The van der Waals surface area contributed by atoms with E-state index in [1.165, 1.54) is 23.5 Å². The summed E-state index contributed by atoms with van der Waals surface area (Å²) >= 11 is 12.9. The first-order valence-electron chi connectivity index (χ1n) is 3.74. The van der Waals surface area contributed by atoms with E-state index in [2.05, 4.69) is 0 Å². The summed E-state index contributed by atoms with van der Waals surface area (Å²) in [6.07, 6.45) is -2.55. The molecular formula is C9H4Cl2F2S. The van der Waals surface area contributed by atoms with Gasteiger partial charge in [-0.15, -0.1) is 11.3 Å². The summed E-state index contributed by atoms with van der Waals surface area (Å²) in [4.78, 5) is 0. The third kappa shape index (κ3) is 1.60. The first kappa shape index (κ1) is 10.1. The number of halogens is 4. The van der Waals surface area contributed by atoms with Crippen molar-refractivity contribution in [1.82, 2.24) is 0 Å². The molecule has 14 heavy (non-hydrogen) atoms. The summed E-state index contributed by atoms with van der Waals surface area (Å²) in [5, 5.41) is 3.05. The van der Waals surface area contributed by atoms with Crippen LogP contribution in [0.5, 0.6) is 0 Å². The topological polar surface area (TPSA) is 0 Å². The molecule has 0 saturated heterocycles. The van der Waals surface area contributed by atoms with E-state index in [0.29, 0.717) is 5.02 Å². The number of hydrogen-bond donors (Lipinski definition) is 0. The van der Waals surface area contributed by atoms with Gasteiger partial charge in [0.05, 0.1) is 10.0 Å². The average molecular weight is 253 g/mol. The van der Waals surface area contributed by atoms with Crippen molar-refractivity contribution in [3.05, 3.63) is 33.1 Å². The Morgan fingerprint density at radius 2 is 1.86 bits per heavy atom. The highest BCUT2D eigenvalue weighted by molar-refractivity contribution is 7.17. The van der Waals surface area contributed by atoms with Crippen LogP contribution in [0.1, 0.15) is 12.0 Å². The maximum Gasteiger partial charge on any atom is 0.265 e. The molecular weight excluding hydrogens is 249 g/mol. The molecule has 0 amide bonds. The summed E-state index contributed by atoms with van der Waals surface area (Å²) in [5.74, 6) is 0. The Morgan fingerprint density at radius 1 is 1.14 bits per heavy atom. The third-order valence-electron chi connectivity index (χ3n) is 1.88. The summed E-state index contributed by atoms with van der Waals surface area (Å²) in [7, 11) is 0. The van der Waals surface area contributed by atoms with Crippen molar-refractivity contribution in [3.63, 3.8) is 0 Å². The molecule has 0 N–H and O–H groups in total. The van der Waals surface area contributed by atoms with Gasteiger partial charge in [0.1, 0.15) is 0 Å². The number of hydrogen-bond acceptors (Lipinski definition) is 1. The lowest BCUT2D eigenvalue weighted by Gasteiger charge is -2.02. The van der Waals surface area contributed by atoms with Gasteiger partial charge in [0.25, 0.3) is 6.43 Å². The lowest BCUT2D eigenvalue weighted by Crippen LogP contribution is -1.84. The fourth-order valence-corrected chi connectivity index (χ4v) is 2.64. The minimum Gasteiger partial charge on any atom is -0.205 e. The normalized spacial score (nSPS) is 11.5. The zero-order chi connectivity index (χ0) is 10.3. The molecule has 2 aromatic rings. The number of fused-ring (bicyclic) bond motifs is 1. The van der Waals surface area contributed by atoms with Crippen molar-refractivity contribution >= 4 is 44.6 Å². The lowest BCUT2D eigenvalue weighted by molar-refractivity contribution is 0.151. The van der Waals surface area contributed by atoms with Gasteiger partial charge in [-0.2, -0.15) is 0 Å². The van der Waals surface area contributed by atoms with E-state index in [-0.39, 0.29) is 10.6 Å². The summed E-state index contributed by atoms with van der Waals surface area (Å²) < 4.78 is 25.6. The van der Waals surface area contributed by atoms with Gasteiger partial charge in [-0.05, 0) is 12.1 Å². The number of thiophene rings is 1. The van der Waals surface area contributed by atoms with Gasteiger partial charge < -0.3 is 0 Å². The first-order chi connectivity index (χ1) is 6.59. The van der Waals surface area contributed by atoms with Gasteiger partial charge in [-0.3, -0.25) is 0 Å². The highest BCUT2D eigenvalue weighted by Crippen LogP contribution is 2.37. The van der Waals surface area contributed by atoms with Crippen LogP contribution in [-0.4, -0.2) is 0 Å². The van der Waals surface area contributed by atoms with Gasteiger partial charge in [-0.25, -0.2) is 8.78 Å². The number of benzene rings is 1. The monoisotopic (exact) mass is 252 g/mol. The molecule has 0 fully saturated rings. The largest absolute Gasteiger partial charge is 0.265 e. The molecule has 0 bridgehead atoms. The third-order valence-corrected chi connectivity index (χ3v) is 3.60. The van der Waals surface area contributed by atoms with Gasteiger partial charge in [0.15, 0.2) is 0 Å². The van der Waals surface area contributed by atoms with Crippen molar-refractivity contribution in [2.24, 2.45) is 0 Å².